The smallest absolute Gasteiger partial charge is 0.345 e. The lowest BCUT2D eigenvalue weighted by molar-refractivity contribution is 0.0934. The molecule has 1 amide bonds. The third-order valence-electron chi connectivity index (χ3n) is 3.81. The van der Waals surface area contributed by atoms with Crippen LogP contribution in [0.3, 0.4) is 0 Å². The average molecular weight is 347 g/mol. The zero-order chi connectivity index (χ0) is 18.8. The van der Waals surface area contributed by atoms with Gasteiger partial charge in [-0.3, -0.25) is 4.79 Å². The molecule has 1 aromatic carbocycles. The van der Waals surface area contributed by atoms with E-state index in [0.717, 1.165) is 0 Å². The number of halogens is 1. The van der Waals surface area contributed by atoms with E-state index in [4.69, 9.17) is 4.74 Å². The number of methoxy groups -OCH3 is 1. The van der Waals surface area contributed by atoms with Crippen molar-refractivity contribution < 1.29 is 13.9 Å². The van der Waals surface area contributed by atoms with Crippen LogP contribution in [-0.4, -0.2) is 23.0 Å². The van der Waals surface area contributed by atoms with Crippen molar-refractivity contribution in [1.29, 1.82) is 0 Å². The molecule has 0 fully saturated rings. The molecule has 2 rings (SSSR count). The van der Waals surface area contributed by atoms with Gasteiger partial charge in [0.05, 0.1) is 13.2 Å². The zero-order valence-corrected chi connectivity index (χ0v) is 14.9. The predicted molar refractivity (Wildman–Crippen MR) is 92.4 cm³/mol. The van der Waals surface area contributed by atoms with Crippen molar-refractivity contribution in [3.8, 4) is 5.75 Å². The Morgan fingerprint density at radius 1 is 1.32 bits per heavy atom. The third-order valence-corrected chi connectivity index (χ3v) is 3.81. The lowest BCUT2D eigenvalue weighted by Crippen LogP contribution is -2.31. The molecule has 1 aromatic heterocycles. The monoisotopic (exact) mass is 347 g/mol. The van der Waals surface area contributed by atoms with Gasteiger partial charge in [0, 0.05) is 11.1 Å². The molecule has 25 heavy (non-hydrogen) atoms. The summed E-state index contributed by atoms with van der Waals surface area (Å²) < 4.78 is 18.7. The number of ether oxygens (including phenoxy) is 1. The molecule has 6 nitrogen and oxygen atoms in total. The van der Waals surface area contributed by atoms with Gasteiger partial charge in [0.2, 0.25) is 0 Å². The van der Waals surface area contributed by atoms with Crippen LogP contribution in [0.4, 0.5) is 4.39 Å². The van der Waals surface area contributed by atoms with E-state index in [1.54, 1.807) is 19.1 Å². The first kappa shape index (κ1) is 18.6. The summed E-state index contributed by atoms with van der Waals surface area (Å²) in [4.78, 5) is 30.5. The quantitative estimate of drug-likeness (QED) is 0.891. The SMILES string of the molecule is COc1ccc(C(C)NC(=O)c2cc(C(C)(C)C)[nH]c(=O)n2)cc1F. The number of nitrogens with one attached hydrogen (secondary N) is 2. The Morgan fingerprint density at radius 2 is 2.00 bits per heavy atom. The van der Waals surface area contributed by atoms with Crippen LogP contribution in [0.25, 0.3) is 0 Å². The van der Waals surface area contributed by atoms with Gasteiger partial charge in [-0.15, -0.1) is 0 Å². The maximum absolute atomic E-state index is 13.8. The number of carbonyl (C=O) groups is 1. The number of hydrogen-bond acceptors (Lipinski definition) is 4. The van der Waals surface area contributed by atoms with Gasteiger partial charge in [0.15, 0.2) is 11.6 Å². The van der Waals surface area contributed by atoms with Crippen molar-refractivity contribution >= 4 is 5.91 Å². The summed E-state index contributed by atoms with van der Waals surface area (Å²) in [6.45, 7) is 7.48. The Kier molecular flexibility index (Phi) is 5.25. The van der Waals surface area contributed by atoms with Gasteiger partial charge in [-0.25, -0.2) is 9.18 Å². The second-order valence-electron chi connectivity index (χ2n) is 6.82. The van der Waals surface area contributed by atoms with Crippen molar-refractivity contribution in [2.45, 2.75) is 39.2 Å². The molecule has 0 spiro atoms. The van der Waals surface area contributed by atoms with Crippen LogP contribution in [0, 0.1) is 5.82 Å². The molecule has 7 heteroatoms. The molecule has 0 saturated heterocycles. The Balaban J connectivity index is 2.23. The minimum atomic E-state index is -0.583. The molecule has 0 aliphatic rings. The maximum atomic E-state index is 13.8. The van der Waals surface area contributed by atoms with Crippen molar-refractivity contribution in [2.75, 3.05) is 7.11 Å². The molecule has 0 aliphatic heterocycles. The highest BCUT2D eigenvalue weighted by atomic mass is 19.1. The van der Waals surface area contributed by atoms with Gasteiger partial charge in [-0.1, -0.05) is 26.8 Å². The summed E-state index contributed by atoms with van der Waals surface area (Å²) >= 11 is 0. The second-order valence-corrected chi connectivity index (χ2v) is 6.82. The van der Waals surface area contributed by atoms with E-state index >= 15 is 0 Å². The van der Waals surface area contributed by atoms with Gasteiger partial charge in [0.1, 0.15) is 5.69 Å². The van der Waals surface area contributed by atoms with Crippen LogP contribution in [0.2, 0.25) is 0 Å². The molecular weight excluding hydrogens is 325 g/mol. The van der Waals surface area contributed by atoms with Crippen LogP contribution in [0.1, 0.15) is 55.5 Å². The number of benzene rings is 1. The Hall–Kier alpha value is -2.70. The molecule has 0 bridgehead atoms. The van der Waals surface area contributed by atoms with Crippen molar-refractivity contribution in [3.05, 3.63) is 57.5 Å². The highest BCUT2D eigenvalue weighted by Crippen LogP contribution is 2.22. The minimum absolute atomic E-state index is 0.0227. The van der Waals surface area contributed by atoms with Gasteiger partial charge >= 0.3 is 5.69 Å². The van der Waals surface area contributed by atoms with E-state index in [2.05, 4.69) is 15.3 Å². The highest BCUT2D eigenvalue weighted by Gasteiger charge is 2.20. The Morgan fingerprint density at radius 3 is 2.56 bits per heavy atom. The molecule has 1 unspecified atom stereocenters. The fraction of sp³-hybridized carbons (Fsp3) is 0.389. The molecule has 2 aromatic rings. The first-order valence-electron chi connectivity index (χ1n) is 7.88. The number of carbonyl (C=O) groups excluding carboxylic acids is 1. The van der Waals surface area contributed by atoms with Gasteiger partial charge in [0.25, 0.3) is 5.91 Å². The molecule has 1 heterocycles. The molecule has 134 valence electrons. The van der Waals surface area contributed by atoms with Crippen molar-refractivity contribution in [3.63, 3.8) is 0 Å². The Bertz CT molecular complexity index is 840. The summed E-state index contributed by atoms with van der Waals surface area (Å²) in [7, 11) is 1.38. The van der Waals surface area contributed by atoms with Crippen LogP contribution in [0.15, 0.2) is 29.1 Å². The van der Waals surface area contributed by atoms with Crippen LogP contribution in [-0.2, 0) is 5.41 Å². The fourth-order valence-corrected chi connectivity index (χ4v) is 2.28. The van der Waals surface area contributed by atoms with Gasteiger partial charge < -0.3 is 15.0 Å². The lowest BCUT2D eigenvalue weighted by atomic mass is 9.91. The Labute approximate surface area is 145 Å². The minimum Gasteiger partial charge on any atom is -0.494 e. The first-order chi connectivity index (χ1) is 11.6. The highest BCUT2D eigenvalue weighted by molar-refractivity contribution is 5.92. The van der Waals surface area contributed by atoms with E-state index in [-0.39, 0.29) is 16.9 Å². The van der Waals surface area contributed by atoms with E-state index < -0.39 is 23.5 Å². The van der Waals surface area contributed by atoms with Crippen LogP contribution < -0.4 is 15.7 Å². The van der Waals surface area contributed by atoms with E-state index in [9.17, 15) is 14.0 Å². The summed E-state index contributed by atoms with van der Waals surface area (Å²) in [6, 6.07) is 5.55. The average Bonchev–Trinajstić information content (AvgIpc) is 2.53. The van der Waals surface area contributed by atoms with E-state index in [1.807, 2.05) is 20.8 Å². The molecule has 1 atom stereocenters. The standard InChI is InChI=1S/C18H22FN3O3/c1-10(11-6-7-14(25-5)12(19)8-11)20-16(23)13-9-15(18(2,3)4)22-17(24)21-13/h6-10H,1-5H3,(H,20,23)(H,21,22,24). The first-order valence-corrected chi connectivity index (χ1v) is 7.88. The lowest BCUT2D eigenvalue weighted by Gasteiger charge is -2.19. The topological polar surface area (TPSA) is 84.1 Å². The van der Waals surface area contributed by atoms with Crippen molar-refractivity contribution in [1.82, 2.24) is 15.3 Å². The summed E-state index contributed by atoms with van der Waals surface area (Å²) in [5.41, 5.74) is 0.297. The van der Waals surface area contributed by atoms with Crippen LogP contribution >= 0.6 is 0 Å². The largest absolute Gasteiger partial charge is 0.494 e. The number of H-pyrrole nitrogens is 1. The van der Waals surface area contributed by atoms with E-state index in [1.165, 1.54) is 19.2 Å². The van der Waals surface area contributed by atoms with Crippen molar-refractivity contribution in [2.24, 2.45) is 0 Å². The van der Waals surface area contributed by atoms with E-state index in [0.29, 0.717) is 11.3 Å². The summed E-state index contributed by atoms with van der Waals surface area (Å²) in [5.74, 6) is -0.876. The number of amides is 1. The molecule has 0 radical (unpaired) electrons. The summed E-state index contributed by atoms with van der Waals surface area (Å²) in [6.07, 6.45) is 0. The van der Waals surface area contributed by atoms with Crippen LogP contribution in [0.5, 0.6) is 5.75 Å². The predicted octanol–water partition coefficient (Wildman–Crippen LogP) is 2.71. The number of hydrogen-bond donors (Lipinski definition) is 2. The second kappa shape index (κ2) is 7.04. The summed E-state index contributed by atoms with van der Waals surface area (Å²) in [5, 5.41) is 2.72. The van der Waals surface area contributed by atoms with Gasteiger partial charge in [-0.05, 0) is 30.7 Å². The van der Waals surface area contributed by atoms with Gasteiger partial charge in [-0.2, -0.15) is 4.98 Å². The molecular formula is C18H22FN3O3. The molecule has 0 saturated carbocycles. The zero-order valence-electron chi connectivity index (χ0n) is 14.9. The maximum Gasteiger partial charge on any atom is 0.345 e. The fourth-order valence-electron chi connectivity index (χ4n) is 2.28. The number of aromatic nitrogens is 2. The third kappa shape index (κ3) is 4.43. The number of aromatic amines is 1. The number of nitrogens with zero attached hydrogens (tertiary/aromatic N) is 1. The normalized spacial score (nSPS) is 12.6. The number of rotatable bonds is 4. The molecule has 2 N–H and O–H groups in total. The molecule has 0 aliphatic carbocycles.